The summed E-state index contributed by atoms with van der Waals surface area (Å²) in [5, 5.41) is 10.3. The van der Waals surface area contributed by atoms with Crippen LogP contribution in [0.4, 0.5) is 0 Å². The molecule has 0 atom stereocenters. The number of aryl methyl sites for hydroxylation is 1. The van der Waals surface area contributed by atoms with E-state index in [-0.39, 0.29) is 11.7 Å². The van der Waals surface area contributed by atoms with Crippen molar-refractivity contribution >= 4 is 29.2 Å². The van der Waals surface area contributed by atoms with Gasteiger partial charge in [0.25, 0.3) is 5.91 Å². The maximum Gasteiger partial charge on any atom is 0.256 e. The highest BCUT2D eigenvalue weighted by Crippen LogP contribution is 2.34. The minimum atomic E-state index is -0.274. The van der Waals surface area contributed by atoms with E-state index in [1.165, 1.54) is 13.1 Å². The highest BCUT2D eigenvalue weighted by molar-refractivity contribution is 6.25. The molecule has 1 aliphatic rings. The zero-order chi connectivity index (χ0) is 18.8. The second-order valence-electron chi connectivity index (χ2n) is 6.40. The van der Waals surface area contributed by atoms with E-state index in [0.717, 1.165) is 22.3 Å². The van der Waals surface area contributed by atoms with Gasteiger partial charge in [-0.05, 0) is 49.1 Å². The van der Waals surface area contributed by atoms with Crippen LogP contribution in [0.15, 0.2) is 59.7 Å². The molecule has 4 heteroatoms. The molecule has 1 heterocycles. The van der Waals surface area contributed by atoms with Gasteiger partial charge in [0.05, 0.1) is 16.8 Å². The first kappa shape index (κ1) is 17.5. The van der Waals surface area contributed by atoms with E-state index in [1.807, 2.05) is 50.2 Å². The van der Waals surface area contributed by atoms with Crippen LogP contribution in [0.1, 0.15) is 36.1 Å². The number of benzene rings is 2. The number of hydrogen-bond donors (Lipinski definition) is 2. The molecule has 2 aromatic rings. The number of Topliss-reactive ketones (excluding diaryl/α,β-unsaturated/α-hetero) is 1. The third kappa shape index (κ3) is 3.14. The lowest BCUT2D eigenvalue weighted by Gasteiger charge is -2.09. The van der Waals surface area contributed by atoms with E-state index in [1.54, 1.807) is 12.1 Å². The van der Waals surface area contributed by atoms with E-state index in [2.05, 4.69) is 5.32 Å². The lowest BCUT2D eigenvalue weighted by Crippen LogP contribution is -2.16. The van der Waals surface area contributed by atoms with E-state index >= 15 is 0 Å². The summed E-state index contributed by atoms with van der Waals surface area (Å²) in [6.07, 6.45) is 1.24. The van der Waals surface area contributed by atoms with Crippen LogP contribution in [0.2, 0.25) is 0 Å². The topological polar surface area (TPSA) is 70.0 Å². The Hall–Kier alpha value is -3.27. The summed E-state index contributed by atoms with van der Waals surface area (Å²) in [5.41, 5.74) is 5.53. The van der Waals surface area contributed by atoms with Crippen LogP contribution in [0.25, 0.3) is 11.3 Å². The lowest BCUT2D eigenvalue weighted by atomic mass is 9.92. The molecule has 0 unspecified atom stereocenters. The molecule has 2 N–H and O–H groups in total. The first-order valence-corrected chi connectivity index (χ1v) is 8.38. The molecule has 0 bridgehead atoms. The fourth-order valence-electron chi connectivity index (χ4n) is 3.21. The van der Waals surface area contributed by atoms with Crippen molar-refractivity contribution in [3.05, 3.63) is 81.9 Å². The van der Waals surface area contributed by atoms with Crippen molar-refractivity contribution in [1.29, 1.82) is 5.41 Å². The molecule has 0 fully saturated rings. The molecular weight excluding hydrogens is 324 g/mol. The smallest absolute Gasteiger partial charge is 0.256 e. The fourth-order valence-corrected chi connectivity index (χ4v) is 3.21. The third-order valence-electron chi connectivity index (χ3n) is 4.49. The van der Waals surface area contributed by atoms with Crippen LogP contribution in [0.3, 0.4) is 0 Å². The minimum Gasteiger partial charge on any atom is -0.321 e. The maximum atomic E-state index is 12.7. The standard InChI is InChI=1S/C22H20N2O2/c1-13-6-4-8-17(10-13)14(2)19-20(15(3)25)21(24-22(19)26)18-9-5-7-16(11-18)12-23/h4-12,23H,1-3H3,(H,24,26)/b19-14-,23-12?. The molecule has 2 aromatic carbocycles. The van der Waals surface area contributed by atoms with E-state index in [4.69, 9.17) is 5.41 Å². The molecular formula is C22H20N2O2. The first-order valence-electron chi connectivity index (χ1n) is 8.38. The van der Waals surface area contributed by atoms with Gasteiger partial charge >= 0.3 is 0 Å². The van der Waals surface area contributed by atoms with Crippen LogP contribution < -0.4 is 5.32 Å². The van der Waals surface area contributed by atoms with Crippen molar-refractivity contribution in [2.75, 3.05) is 0 Å². The Morgan fingerprint density at radius 1 is 1.08 bits per heavy atom. The van der Waals surface area contributed by atoms with Crippen molar-refractivity contribution in [2.24, 2.45) is 0 Å². The summed E-state index contributed by atoms with van der Waals surface area (Å²) in [5.74, 6) is -0.440. The van der Waals surface area contributed by atoms with Crippen LogP contribution in [0, 0.1) is 12.3 Å². The number of carbonyl (C=O) groups excluding carboxylic acids is 2. The van der Waals surface area contributed by atoms with E-state index in [9.17, 15) is 9.59 Å². The number of amides is 1. The monoisotopic (exact) mass is 344 g/mol. The van der Waals surface area contributed by atoms with Gasteiger partial charge in [0.15, 0.2) is 5.78 Å². The average Bonchev–Trinajstić information content (AvgIpc) is 2.98. The first-order chi connectivity index (χ1) is 12.4. The number of allylic oxidation sites excluding steroid dienone is 1. The SMILES string of the molecule is CC(=O)C1=C(c2cccc(C=N)c2)NC(=O)/C1=C(/C)c1cccc(C)c1. The molecule has 4 nitrogen and oxygen atoms in total. The quantitative estimate of drug-likeness (QED) is 0.652. The van der Waals surface area contributed by atoms with Crippen LogP contribution >= 0.6 is 0 Å². The summed E-state index contributed by atoms with van der Waals surface area (Å²) in [6.45, 7) is 5.33. The summed E-state index contributed by atoms with van der Waals surface area (Å²) >= 11 is 0. The number of ketones is 1. The van der Waals surface area contributed by atoms with Crippen LogP contribution in [-0.4, -0.2) is 17.9 Å². The summed E-state index contributed by atoms with van der Waals surface area (Å²) in [6, 6.07) is 15.1. The van der Waals surface area contributed by atoms with Crippen molar-refractivity contribution in [3.63, 3.8) is 0 Å². The van der Waals surface area contributed by atoms with Gasteiger partial charge < -0.3 is 10.7 Å². The maximum absolute atomic E-state index is 12.7. The Kier molecular flexibility index (Phi) is 4.67. The summed E-state index contributed by atoms with van der Waals surface area (Å²) in [4.78, 5) is 25.1. The molecule has 0 radical (unpaired) electrons. The van der Waals surface area contributed by atoms with Crippen molar-refractivity contribution in [3.8, 4) is 0 Å². The predicted octanol–water partition coefficient (Wildman–Crippen LogP) is 3.90. The zero-order valence-electron chi connectivity index (χ0n) is 15.0. The van der Waals surface area contributed by atoms with Crippen LogP contribution in [-0.2, 0) is 9.59 Å². The number of carbonyl (C=O) groups is 2. The van der Waals surface area contributed by atoms with Gasteiger partial charge in [-0.2, -0.15) is 0 Å². The largest absolute Gasteiger partial charge is 0.321 e. The molecule has 3 rings (SSSR count). The third-order valence-corrected chi connectivity index (χ3v) is 4.49. The zero-order valence-corrected chi connectivity index (χ0v) is 15.0. The Morgan fingerprint density at radius 2 is 1.81 bits per heavy atom. The Bertz CT molecular complexity index is 997. The van der Waals surface area contributed by atoms with Crippen LogP contribution in [0.5, 0.6) is 0 Å². The lowest BCUT2D eigenvalue weighted by molar-refractivity contribution is -0.117. The molecule has 0 saturated heterocycles. The van der Waals surface area contributed by atoms with Gasteiger partial charge in [0.1, 0.15) is 0 Å². The van der Waals surface area contributed by atoms with Crippen molar-refractivity contribution in [1.82, 2.24) is 5.32 Å². The Labute approximate surface area is 152 Å². The molecule has 0 aliphatic carbocycles. The summed E-state index contributed by atoms with van der Waals surface area (Å²) in [7, 11) is 0. The molecule has 1 amide bonds. The Morgan fingerprint density at radius 3 is 2.46 bits per heavy atom. The molecule has 130 valence electrons. The highest BCUT2D eigenvalue weighted by atomic mass is 16.2. The van der Waals surface area contributed by atoms with Gasteiger partial charge in [-0.1, -0.05) is 48.0 Å². The Balaban J connectivity index is 2.24. The van der Waals surface area contributed by atoms with Gasteiger partial charge in [0, 0.05) is 6.21 Å². The normalized spacial score (nSPS) is 15.7. The van der Waals surface area contributed by atoms with Gasteiger partial charge in [-0.3, -0.25) is 9.59 Å². The second kappa shape index (κ2) is 6.92. The second-order valence-corrected chi connectivity index (χ2v) is 6.40. The van der Waals surface area contributed by atoms with Gasteiger partial charge in [0.2, 0.25) is 0 Å². The van der Waals surface area contributed by atoms with E-state index < -0.39 is 0 Å². The number of rotatable bonds is 4. The molecule has 0 saturated carbocycles. The van der Waals surface area contributed by atoms with Gasteiger partial charge in [-0.15, -0.1) is 0 Å². The molecule has 0 spiro atoms. The van der Waals surface area contributed by atoms with Crippen molar-refractivity contribution < 1.29 is 9.59 Å². The average molecular weight is 344 g/mol. The fraction of sp³-hybridized carbons (Fsp3) is 0.136. The van der Waals surface area contributed by atoms with E-state index in [0.29, 0.717) is 22.4 Å². The highest BCUT2D eigenvalue weighted by Gasteiger charge is 2.32. The minimum absolute atomic E-state index is 0.166. The van der Waals surface area contributed by atoms with Crippen molar-refractivity contribution in [2.45, 2.75) is 20.8 Å². The molecule has 1 aliphatic heterocycles. The van der Waals surface area contributed by atoms with Gasteiger partial charge in [-0.25, -0.2) is 0 Å². The number of hydrogen-bond acceptors (Lipinski definition) is 3. The molecule has 26 heavy (non-hydrogen) atoms. The predicted molar refractivity (Wildman–Crippen MR) is 104 cm³/mol. The summed E-state index contributed by atoms with van der Waals surface area (Å²) < 4.78 is 0. The molecule has 0 aromatic heterocycles. The number of nitrogens with one attached hydrogen (secondary N) is 2.